The van der Waals surface area contributed by atoms with E-state index < -0.39 is 0 Å². The van der Waals surface area contributed by atoms with Crippen molar-refractivity contribution in [2.75, 3.05) is 13.7 Å². The first kappa shape index (κ1) is 15.6. The van der Waals surface area contributed by atoms with Crippen molar-refractivity contribution in [2.24, 2.45) is 11.3 Å². The zero-order valence-corrected chi connectivity index (χ0v) is 11.6. The van der Waals surface area contributed by atoms with Crippen molar-refractivity contribution in [1.29, 1.82) is 0 Å². The van der Waals surface area contributed by atoms with E-state index in [-0.39, 0.29) is 0 Å². The summed E-state index contributed by atoms with van der Waals surface area (Å²) in [6.45, 7) is 9.51. The molecular formula is C14H28O2. The van der Waals surface area contributed by atoms with Crippen LogP contribution in [0.2, 0.25) is 0 Å². The van der Waals surface area contributed by atoms with Crippen molar-refractivity contribution < 1.29 is 9.53 Å². The zero-order chi connectivity index (χ0) is 12.6. The van der Waals surface area contributed by atoms with E-state index in [0.29, 0.717) is 30.1 Å². The highest BCUT2D eigenvalue weighted by Crippen LogP contribution is 2.26. The van der Waals surface area contributed by atoms with Crippen LogP contribution in [0.5, 0.6) is 0 Å². The van der Waals surface area contributed by atoms with Crippen LogP contribution in [0.3, 0.4) is 0 Å². The lowest BCUT2D eigenvalue weighted by Gasteiger charge is -2.22. The molecule has 0 aromatic rings. The van der Waals surface area contributed by atoms with E-state index in [1.165, 1.54) is 12.8 Å². The summed E-state index contributed by atoms with van der Waals surface area (Å²) in [6.07, 6.45) is 4.77. The highest BCUT2D eigenvalue weighted by Gasteiger charge is 2.16. The minimum absolute atomic E-state index is 0.350. The third-order valence-electron chi connectivity index (χ3n) is 2.98. The SMILES string of the molecule is CC[C@@H](CCC(C)(C)C)CC(=O)CCOC. The zero-order valence-electron chi connectivity index (χ0n) is 11.6. The van der Waals surface area contributed by atoms with Gasteiger partial charge < -0.3 is 4.74 Å². The molecule has 0 rings (SSSR count). The first-order chi connectivity index (χ1) is 7.39. The summed E-state index contributed by atoms with van der Waals surface area (Å²) in [5, 5.41) is 0. The Balaban J connectivity index is 3.86. The van der Waals surface area contributed by atoms with Gasteiger partial charge in [0.15, 0.2) is 0 Å². The number of ether oxygens (including phenoxy) is 1. The molecule has 0 aliphatic rings. The summed E-state index contributed by atoms with van der Waals surface area (Å²) in [7, 11) is 1.64. The Morgan fingerprint density at radius 3 is 2.38 bits per heavy atom. The lowest BCUT2D eigenvalue weighted by atomic mass is 9.84. The van der Waals surface area contributed by atoms with Crippen molar-refractivity contribution in [1.82, 2.24) is 0 Å². The monoisotopic (exact) mass is 228 g/mol. The van der Waals surface area contributed by atoms with Crippen LogP contribution in [0.15, 0.2) is 0 Å². The summed E-state index contributed by atoms with van der Waals surface area (Å²) in [5.74, 6) is 0.909. The van der Waals surface area contributed by atoms with Gasteiger partial charge in [0.2, 0.25) is 0 Å². The predicted octanol–water partition coefficient (Wildman–Crippen LogP) is 3.83. The number of carbonyl (C=O) groups is 1. The van der Waals surface area contributed by atoms with Crippen molar-refractivity contribution >= 4 is 5.78 Å². The molecule has 2 nitrogen and oxygen atoms in total. The molecule has 0 aromatic heterocycles. The van der Waals surface area contributed by atoms with Gasteiger partial charge in [0.05, 0.1) is 6.61 Å². The van der Waals surface area contributed by atoms with Crippen molar-refractivity contribution in [3.05, 3.63) is 0 Å². The fourth-order valence-electron chi connectivity index (χ4n) is 1.73. The number of rotatable bonds is 8. The van der Waals surface area contributed by atoms with Gasteiger partial charge in [0.1, 0.15) is 5.78 Å². The number of hydrogen-bond acceptors (Lipinski definition) is 2. The van der Waals surface area contributed by atoms with Crippen LogP contribution in [-0.2, 0) is 9.53 Å². The topological polar surface area (TPSA) is 26.3 Å². The largest absolute Gasteiger partial charge is 0.384 e. The van der Waals surface area contributed by atoms with Crippen LogP contribution in [0.1, 0.15) is 59.8 Å². The van der Waals surface area contributed by atoms with Crippen molar-refractivity contribution in [3.8, 4) is 0 Å². The van der Waals surface area contributed by atoms with Gasteiger partial charge in [0.25, 0.3) is 0 Å². The van der Waals surface area contributed by atoms with E-state index >= 15 is 0 Å². The Morgan fingerprint density at radius 1 is 1.31 bits per heavy atom. The van der Waals surface area contributed by atoms with Crippen LogP contribution in [0.25, 0.3) is 0 Å². The molecule has 96 valence electrons. The average molecular weight is 228 g/mol. The van der Waals surface area contributed by atoms with Gasteiger partial charge in [-0.05, 0) is 24.2 Å². The second-order valence-electron chi connectivity index (χ2n) is 5.86. The maximum Gasteiger partial charge on any atom is 0.135 e. The number of Topliss-reactive ketones (excluding diaryl/α,β-unsaturated/α-hetero) is 1. The molecule has 0 spiro atoms. The van der Waals surface area contributed by atoms with Crippen LogP contribution in [0.4, 0.5) is 0 Å². The Hall–Kier alpha value is -0.370. The molecule has 0 heterocycles. The maximum atomic E-state index is 11.6. The second kappa shape index (κ2) is 7.83. The summed E-state index contributed by atoms with van der Waals surface area (Å²) >= 11 is 0. The Morgan fingerprint density at radius 2 is 1.94 bits per heavy atom. The van der Waals surface area contributed by atoms with Gasteiger partial charge in [-0.1, -0.05) is 34.1 Å². The molecule has 0 saturated heterocycles. The smallest absolute Gasteiger partial charge is 0.135 e. The molecule has 0 unspecified atom stereocenters. The summed E-state index contributed by atoms with van der Waals surface area (Å²) in [5.41, 5.74) is 0.378. The number of ketones is 1. The molecule has 0 aromatic carbocycles. The average Bonchev–Trinajstić information content (AvgIpc) is 2.19. The molecule has 1 atom stereocenters. The standard InChI is InChI=1S/C14H28O2/c1-6-12(7-9-14(2,3)4)11-13(15)8-10-16-5/h12H,6-11H2,1-5H3/t12-/m0/s1. The molecule has 16 heavy (non-hydrogen) atoms. The van der Waals surface area contributed by atoms with Crippen LogP contribution in [0, 0.1) is 11.3 Å². The van der Waals surface area contributed by atoms with Crippen LogP contribution in [-0.4, -0.2) is 19.5 Å². The normalized spacial score (nSPS) is 13.8. The second-order valence-corrected chi connectivity index (χ2v) is 5.86. The summed E-state index contributed by atoms with van der Waals surface area (Å²) < 4.78 is 4.92. The van der Waals surface area contributed by atoms with E-state index in [1.54, 1.807) is 7.11 Å². The lowest BCUT2D eigenvalue weighted by Crippen LogP contribution is -2.13. The quantitative estimate of drug-likeness (QED) is 0.631. The van der Waals surface area contributed by atoms with Crippen LogP contribution < -0.4 is 0 Å². The first-order valence-electron chi connectivity index (χ1n) is 6.39. The fourth-order valence-corrected chi connectivity index (χ4v) is 1.73. The minimum atomic E-state index is 0.350. The number of hydrogen-bond donors (Lipinski definition) is 0. The van der Waals surface area contributed by atoms with Gasteiger partial charge in [-0.3, -0.25) is 4.79 Å². The first-order valence-corrected chi connectivity index (χ1v) is 6.39. The van der Waals surface area contributed by atoms with E-state index in [0.717, 1.165) is 12.8 Å². The van der Waals surface area contributed by atoms with Gasteiger partial charge in [-0.25, -0.2) is 0 Å². The Labute approximate surface area is 101 Å². The molecule has 0 aliphatic heterocycles. The molecule has 2 heteroatoms. The molecule has 0 fully saturated rings. The van der Waals surface area contributed by atoms with Gasteiger partial charge in [-0.2, -0.15) is 0 Å². The minimum Gasteiger partial charge on any atom is -0.384 e. The highest BCUT2D eigenvalue weighted by molar-refractivity contribution is 5.78. The maximum absolute atomic E-state index is 11.6. The molecule has 0 aliphatic carbocycles. The third-order valence-corrected chi connectivity index (χ3v) is 2.98. The number of methoxy groups -OCH3 is 1. The van der Waals surface area contributed by atoms with Crippen molar-refractivity contribution in [2.45, 2.75) is 59.8 Å². The highest BCUT2D eigenvalue weighted by atomic mass is 16.5. The molecule has 0 radical (unpaired) electrons. The van der Waals surface area contributed by atoms with Crippen LogP contribution >= 0.6 is 0 Å². The summed E-state index contributed by atoms with van der Waals surface area (Å²) in [6, 6.07) is 0. The third kappa shape index (κ3) is 8.90. The van der Waals surface area contributed by atoms with E-state index in [9.17, 15) is 4.79 Å². The van der Waals surface area contributed by atoms with Gasteiger partial charge in [-0.15, -0.1) is 0 Å². The Bertz CT molecular complexity index is 191. The fraction of sp³-hybridized carbons (Fsp3) is 0.929. The predicted molar refractivity (Wildman–Crippen MR) is 68.6 cm³/mol. The molecule has 0 bridgehead atoms. The van der Waals surface area contributed by atoms with E-state index in [2.05, 4.69) is 27.7 Å². The summed E-state index contributed by atoms with van der Waals surface area (Å²) in [4.78, 5) is 11.6. The molecular weight excluding hydrogens is 200 g/mol. The van der Waals surface area contributed by atoms with Gasteiger partial charge in [0, 0.05) is 20.0 Å². The van der Waals surface area contributed by atoms with E-state index in [4.69, 9.17) is 4.74 Å². The molecule has 0 N–H and O–H groups in total. The Kier molecular flexibility index (Phi) is 7.65. The van der Waals surface area contributed by atoms with E-state index in [1.807, 2.05) is 0 Å². The molecule has 0 saturated carbocycles. The molecule has 0 amide bonds. The number of carbonyl (C=O) groups excluding carboxylic acids is 1. The van der Waals surface area contributed by atoms with Gasteiger partial charge >= 0.3 is 0 Å². The van der Waals surface area contributed by atoms with Crippen molar-refractivity contribution in [3.63, 3.8) is 0 Å². The lowest BCUT2D eigenvalue weighted by molar-refractivity contribution is -0.120.